The number of rotatable bonds is 5. The standard InChI is InChI=1S/C14H18ClN5S/c1-2-7-16-13-18-12(15)19-14(20-13)17-10-4-3-5-11-9(10)6-8-21-11/h6,8,10H,2-5,7H2,1H3,(H2,16,17,18,19,20). The Balaban J connectivity index is 1.78. The maximum atomic E-state index is 5.99. The van der Waals surface area contributed by atoms with Gasteiger partial charge in [-0.25, -0.2) is 0 Å². The second-order valence-electron chi connectivity index (χ2n) is 5.07. The van der Waals surface area contributed by atoms with Crippen LogP contribution in [0.1, 0.15) is 42.7 Å². The first-order chi connectivity index (χ1) is 10.3. The van der Waals surface area contributed by atoms with Crippen molar-refractivity contribution in [1.82, 2.24) is 15.0 Å². The third-order valence-electron chi connectivity index (χ3n) is 3.50. The number of fused-ring (bicyclic) bond motifs is 1. The smallest absolute Gasteiger partial charge is 0.229 e. The van der Waals surface area contributed by atoms with Crippen molar-refractivity contribution < 1.29 is 0 Å². The first-order valence-electron chi connectivity index (χ1n) is 7.24. The summed E-state index contributed by atoms with van der Waals surface area (Å²) in [6, 6.07) is 2.45. The molecule has 1 aliphatic carbocycles. The van der Waals surface area contributed by atoms with E-state index in [1.54, 1.807) is 0 Å². The number of hydrogen-bond acceptors (Lipinski definition) is 6. The van der Waals surface area contributed by atoms with E-state index in [4.69, 9.17) is 11.6 Å². The van der Waals surface area contributed by atoms with Crippen LogP contribution >= 0.6 is 22.9 Å². The maximum absolute atomic E-state index is 5.99. The lowest BCUT2D eigenvalue weighted by Gasteiger charge is -2.23. The highest BCUT2D eigenvalue weighted by atomic mass is 35.5. The quantitative estimate of drug-likeness (QED) is 0.873. The monoisotopic (exact) mass is 323 g/mol. The third-order valence-corrected chi connectivity index (χ3v) is 4.66. The number of nitrogens with zero attached hydrogens (tertiary/aromatic N) is 3. The third kappa shape index (κ3) is 3.44. The molecule has 2 N–H and O–H groups in total. The molecule has 112 valence electrons. The number of aryl methyl sites for hydroxylation is 1. The predicted molar refractivity (Wildman–Crippen MR) is 87.2 cm³/mol. The molecular formula is C14H18ClN5S. The van der Waals surface area contributed by atoms with Gasteiger partial charge < -0.3 is 10.6 Å². The van der Waals surface area contributed by atoms with Crippen molar-refractivity contribution in [3.05, 3.63) is 27.2 Å². The summed E-state index contributed by atoms with van der Waals surface area (Å²) in [7, 11) is 0. The van der Waals surface area contributed by atoms with Crippen LogP contribution in [0.15, 0.2) is 11.4 Å². The Morgan fingerprint density at radius 1 is 1.33 bits per heavy atom. The highest BCUT2D eigenvalue weighted by Crippen LogP contribution is 2.35. The van der Waals surface area contributed by atoms with Crippen LogP contribution in [0.3, 0.4) is 0 Å². The van der Waals surface area contributed by atoms with Crippen molar-refractivity contribution >= 4 is 34.8 Å². The van der Waals surface area contributed by atoms with Crippen molar-refractivity contribution in [3.8, 4) is 0 Å². The summed E-state index contributed by atoms with van der Waals surface area (Å²) in [6.07, 6.45) is 4.45. The van der Waals surface area contributed by atoms with Gasteiger partial charge in [0.1, 0.15) is 0 Å². The Bertz CT molecular complexity index is 615. The molecule has 7 heteroatoms. The summed E-state index contributed by atoms with van der Waals surface area (Å²) >= 11 is 7.81. The lowest BCUT2D eigenvalue weighted by Crippen LogP contribution is -2.18. The SMILES string of the molecule is CCCNc1nc(Cl)nc(NC2CCCc3sccc32)n1. The Labute approximate surface area is 133 Å². The number of hydrogen-bond donors (Lipinski definition) is 2. The van der Waals surface area contributed by atoms with Crippen molar-refractivity contribution in [3.63, 3.8) is 0 Å². The van der Waals surface area contributed by atoms with Crippen molar-refractivity contribution in [2.45, 2.75) is 38.6 Å². The number of anilines is 2. The van der Waals surface area contributed by atoms with Gasteiger partial charge >= 0.3 is 0 Å². The molecule has 0 amide bonds. The van der Waals surface area contributed by atoms with Gasteiger partial charge in [-0.1, -0.05) is 6.92 Å². The number of thiophene rings is 1. The molecule has 0 saturated heterocycles. The van der Waals surface area contributed by atoms with Crippen LogP contribution < -0.4 is 10.6 Å². The molecule has 0 aliphatic heterocycles. The van der Waals surface area contributed by atoms with Crippen molar-refractivity contribution in [2.24, 2.45) is 0 Å². The molecule has 1 aliphatic rings. The van der Waals surface area contributed by atoms with E-state index in [0.29, 0.717) is 11.9 Å². The minimum absolute atomic E-state index is 0.215. The van der Waals surface area contributed by atoms with Gasteiger partial charge in [-0.05, 0) is 54.3 Å². The molecule has 2 aromatic heterocycles. The average molecular weight is 324 g/mol. The van der Waals surface area contributed by atoms with Gasteiger partial charge in [0.25, 0.3) is 0 Å². The van der Waals surface area contributed by atoms with E-state index in [1.165, 1.54) is 23.3 Å². The van der Waals surface area contributed by atoms with E-state index in [2.05, 4.69) is 44.0 Å². The second kappa shape index (κ2) is 6.58. The molecule has 2 heterocycles. The van der Waals surface area contributed by atoms with Crippen LogP contribution in [0.4, 0.5) is 11.9 Å². The summed E-state index contributed by atoms with van der Waals surface area (Å²) in [4.78, 5) is 14.1. The minimum atomic E-state index is 0.215. The highest BCUT2D eigenvalue weighted by molar-refractivity contribution is 7.10. The van der Waals surface area contributed by atoms with E-state index in [9.17, 15) is 0 Å². The first kappa shape index (κ1) is 14.5. The van der Waals surface area contributed by atoms with E-state index >= 15 is 0 Å². The van der Waals surface area contributed by atoms with Gasteiger partial charge in [0, 0.05) is 11.4 Å². The molecule has 0 saturated carbocycles. The molecule has 2 aromatic rings. The van der Waals surface area contributed by atoms with Gasteiger partial charge in [0.2, 0.25) is 17.2 Å². The molecule has 1 unspecified atom stereocenters. The Hall–Kier alpha value is -1.40. The van der Waals surface area contributed by atoms with Crippen LogP contribution in [-0.2, 0) is 6.42 Å². The summed E-state index contributed by atoms with van der Waals surface area (Å²) in [5.41, 5.74) is 1.37. The summed E-state index contributed by atoms with van der Waals surface area (Å²) in [6.45, 7) is 2.91. The van der Waals surface area contributed by atoms with Gasteiger partial charge in [-0.15, -0.1) is 11.3 Å². The lowest BCUT2D eigenvalue weighted by molar-refractivity contribution is 0.604. The topological polar surface area (TPSA) is 62.7 Å². The Kier molecular flexibility index (Phi) is 4.55. The Morgan fingerprint density at radius 2 is 2.19 bits per heavy atom. The molecule has 3 rings (SSSR count). The fourth-order valence-corrected chi connectivity index (χ4v) is 3.67. The summed E-state index contributed by atoms with van der Waals surface area (Å²) < 4.78 is 0. The second-order valence-corrected chi connectivity index (χ2v) is 6.41. The zero-order valence-corrected chi connectivity index (χ0v) is 13.5. The molecule has 0 aromatic carbocycles. The normalized spacial score (nSPS) is 17.3. The molecule has 0 fully saturated rings. The highest BCUT2D eigenvalue weighted by Gasteiger charge is 2.22. The fourth-order valence-electron chi connectivity index (χ4n) is 2.52. The van der Waals surface area contributed by atoms with Crippen LogP contribution in [0.2, 0.25) is 5.28 Å². The number of nitrogens with one attached hydrogen (secondary N) is 2. The summed E-state index contributed by atoms with van der Waals surface area (Å²) in [5, 5.41) is 8.91. The van der Waals surface area contributed by atoms with E-state index in [0.717, 1.165) is 19.4 Å². The van der Waals surface area contributed by atoms with Gasteiger partial charge in [0.05, 0.1) is 6.04 Å². The molecular weight excluding hydrogens is 306 g/mol. The van der Waals surface area contributed by atoms with Crippen LogP contribution in [-0.4, -0.2) is 21.5 Å². The van der Waals surface area contributed by atoms with E-state index in [-0.39, 0.29) is 11.3 Å². The zero-order chi connectivity index (χ0) is 14.7. The Morgan fingerprint density at radius 3 is 3.05 bits per heavy atom. The van der Waals surface area contributed by atoms with Crippen LogP contribution in [0, 0.1) is 0 Å². The molecule has 0 radical (unpaired) electrons. The molecule has 5 nitrogen and oxygen atoms in total. The summed E-state index contributed by atoms with van der Waals surface area (Å²) in [5.74, 6) is 1.07. The van der Waals surface area contributed by atoms with Crippen molar-refractivity contribution in [2.75, 3.05) is 17.2 Å². The van der Waals surface area contributed by atoms with E-state index < -0.39 is 0 Å². The van der Waals surface area contributed by atoms with Gasteiger partial charge in [0.15, 0.2) is 0 Å². The first-order valence-corrected chi connectivity index (χ1v) is 8.50. The average Bonchev–Trinajstić information content (AvgIpc) is 2.94. The molecule has 0 bridgehead atoms. The van der Waals surface area contributed by atoms with Gasteiger partial charge in [-0.3, -0.25) is 0 Å². The maximum Gasteiger partial charge on any atom is 0.229 e. The zero-order valence-electron chi connectivity index (χ0n) is 11.9. The lowest BCUT2D eigenvalue weighted by atomic mass is 9.94. The number of halogens is 1. The molecule has 1 atom stereocenters. The van der Waals surface area contributed by atoms with Crippen LogP contribution in [0.25, 0.3) is 0 Å². The van der Waals surface area contributed by atoms with Crippen molar-refractivity contribution in [1.29, 1.82) is 0 Å². The van der Waals surface area contributed by atoms with E-state index in [1.807, 2.05) is 11.3 Å². The molecule has 21 heavy (non-hydrogen) atoms. The fraction of sp³-hybridized carbons (Fsp3) is 0.500. The van der Waals surface area contributed by atoms with Gasteiger partial charge in [-0.2, -0.15) is 15.0 Å². The number of aromatic nitrogens is 3. The molecule has 0 spiro atoms. The van der Waals surface area contributed by atoms with Crippen LogP contribution in [0.5, 0.6) is 0 Å². The largest absolute Gasteiger partial charge is 0.354 e. The minimum Gasteiger partial charge on any atom is -0.354 e. The predicted octanol–water partition coefficient (Wildman–Crippen LogP) is 3.90.